The van der Waals surface area contributed by atoms with E-state index in [9.17, 15) is 9.18 Å². The second kappa shape index (κ2) is 6.74. The van der Waals surface area contributed by atoms with Crippen molar-refractivity contribution in [1.29, 1.82) is 0 Å². The summed E-state index contributed by atoms with van der Waals surface area (Å²) in [6.07, 6.45) is 1.62. The quantitative estimate of drug-likeness (QED) is 0.669. The number of halogens is 1. The fourth-order valence-electron chi connectivity index (χ4n) is 3.36. The van der Waals surface area contributed by atoms with E-state index in [1.807, 2.05) is 6.07 Å². The largest absolute Gasteiger partial charge is 0.383 e. The van der Waals surface area contributed by atoms with Gasteiger partial charge in [-0.05, 0) is 42.8 Å². The molecule has 1 aromatic heterocycles. The summed E-state index contributed by atoms with van der Waals surface area (Å²) in [5.41, 5.74) is 1.96. The molecule has 130 valence electrons. The molecule has 4 nitrogen and oxygen atoms in total. The van der Waals surface area contributed by atoms with Crippen LogP contribution in [-0.2, 0) is 11.2 Å². The molecule has 2 heterocycles. The van der Waals surface area contributed by atoms with Gasteiger partial charge < -0.3 is 4.74 Å². The Morgan fingerprint density at radius 3 is 2.81 bits per heavy atom. The van der Waals surface area contributed by atoms with Gasteiger partial charge in [0.15, 0.2) is 0 Å². The zero-order chi connectivity index (χ0) is 18.1. The van der Waals surface area contributed by atoms with E-state index in [2.05, 4.69) is 16.8 Å². The van der Waals surface area contributed by atoms with Crippen LogP contribution >= 0.6 is 0 Å². The summed E-state index contributed by atoms with van der Waals surface area (Å²) >= 11 is 0. The number of aryl methyl sites for hydroxylation is 1. The number of hydrogen-bond acceptors (Lipinski definition) is 3. The molecule has 4 rings (SSSR count). The molecule has 26 heavy (non-hydrogen) atoms. The van der Waals surface area contributed by atoms with Crippen LogP contribution in [0.5, 0.6) is 0 Å². The highest BCUT2D eigenvalue weighted by Crippen LogP contribution is 2.24. The highest BCUT2D eigenvalue weighted by atomic mass is 19.1. The van der Waals surface area contributed by atoms with Gasteiger partial charge in [-0.1, -0.05) is 17.9 Å². The maximum Gasteiger partial charge on any atom is 0.261 e. The van der Waals surface area contributed by atoms with Gasteiger partial charge in [-0.25, -0.2) is 9.37 Å². The molecule has 0 spiro atoms. The van der Waals surface area contributed by atoms with E-state index < -0.39 is 0 Å². The first-order valence-electron chi connectivity index (χ1n) is 8.47. The van der Waals surface area contributed by atoms with Gasteiger partial charge in [0.2, 0.25) is 0 Å². The minimum Gasteiger partial charge on any atom is -0.383 e. The van der Waals surface area contributed by atoms with Crippen LogP contribution in [0.15, 0.2) is 47.3 Å². The lowest BCUT2D eigenvalue weighted by Crippen LogP contribution is -2.26. The molecule has 0 fully saturated rings. The van der Waals surface area contributed by atoms with Gasteiger partial charge in [0.05, 0.1) is 23.6 Å². The van der Waals surface area contributed by atoms with Crippen molar-refractivity contribution < 1.29 is 9.13 Å². The third-order valence-electron chi connectivity index (χ3n) is 4.58. The molecule has 0 saturated heterocycles. The van der Waals surface area contributed by atoms with Crippen LogP contribution in [0.1, 0.15) is 29.4 Å². The number of hydrogen-bond donors (Lipinski definition) is 0. The second-order valence-electron chi connectivity index (χ2n) is 6.34. The highest BCUT2D eigenvalue weighted by molar-refractivity contribution is 5.79. The Hall–Kier alpha value is -2.97. The van der Waals surface area contributed by atoms with Gasteiger partial charge >= 0.3 is 0 Å². The topological polar surface area (TPSA) is 44.1 Å². The Bertz CT molecular complexity index is 1110. The Labute approximate surface area is 150 Å². The first-order valence-corrected chi connectivity index (χ1v) is 8.47. The molecular weight excluding hydrogens is 331 g/mol. The molecule has 0 bridgehead atoms. The van der Waals surface area contributed by atoms with Crippen LogP contribution in [0.2, 0.25) is 0 Å². The molecule has 5 heteroatoms. The van der Waals surface area contributed by atoms with Gasteiger partial charge in [-0.3, -0.25) is 9.36 Å². The van der Waals surface area contributed by atoms with Crippen molar-refractivity contribution in [2.24, 2.45) is 0 Å². The minimum absolute atomic E-state index is 0.0332. The Morgan fingerprint density at radius 2 is 2.04 bits per heavy atom. The number of nitrogens with zero attached hydrogens (tertiary/aromatic N) is 2. The van der Waals surface area contributed by atoms with E-state index in [-0.39, 0.29) is 17.4 Å². The lowest BCUT2D eigenvalue weighted by atomic mass is 10.1. The van der Waals surface area contributed by atoms with E-state index in [0.717, 1.165) is 24.2 Å². The lowest BCUT2D eigenvalue weighted by molar-refractivity contribution is 0.157. The standard InChI is InChI=1S/C21H17FN2O2/c1-26-13-17-8-10-20-23-19-12-15(7-9-18(19)21(25)24(17)20)6-5-14-3-2-4-16(22)11-14/h2-4,7,9,11-12,17H,8,10,13H2,1H3. The highest BCUT2D eigenvalue weighted by Gasteiger charge is 2.25. The fourth-order valence-corrected chi connectivity index (χ4v) is 3.36. The number of benzene rings is 2. The van der Waals surface area contributed by atoms with Gasteiger partial charge in [-0.2, -0.15) is 0 Å². The van der Waals surface area contributed by atoms with Crippen molar-refractivity contribution in [3.63, 3.8) is 0 Å². The van der Waals surface area contributed by atoms with Gasteiger partial charge in [0.1, 0.15) is 11.6 Å². The Morgan fingerprint density at radius 1 is 1.23 bits per heavy atom. The number of ether oxygens (including phenoxy) is 1. The first kappa shape index (κ1) is 16.5. The average Bonchev–Trinajstić information content (AvgIpc) is 3.03. The van der Waals surface area contributed by atoms with E-state index >= 15 is 0 Å². The minimum atomic E-state index is -0.314. The lowest BCUT2D eigenvalue weighted by Gasteiger charge is -2.13. The zero-order valence-electron chi connectivity index (χ0n) is 14.3. The predicted molar refractivity (Wildman–Crippen MR) is 97.6 cm³/mol. The molecule has 3 aromatic rings. The number of rotatable bonds is 2. The molecule has 2 aromatic carbocycles. The average molecular weight is 348 g/mol. The molecule has 0 amide bonds. The van der Waals surface area contributed by atoms with E-state index in [1.165, 1.54) is 12.1 Å². The number of methoxy groups -OCH3 is 1. The van der Waals surface area contributed by atoms with Gasteiger partial charge in [0, 0.05) is 24.7 Å². The van der Waals surface area contributed by atoms with E-state index in [1.54, 1.807) is 35.9 Å². The molecule has 1 atom stereocenters. The summed E-state index contributed by atoms with van der Waals surface area (Å²) in [7, 11) is 1.64. The summed E-state index contributed by atoms with van der Waals surface area (Å²) in [5, 5.41) is 0.577. The van der Waals surface area contributed by atoms with Crippen molar-refractivity contribution in [2.45, 2.75) is 18.9 Å². The molecule has 0 aliphatic carbocycles. The summed E-state index contributed by atoms with van der Waals surface area (Å²) in [5.74, 6) is 6.43. The predicted octanol–water partition coefficient (Wildman–Crippen LogP) is 3.07. The van der Waals surface area contributed by atoms with Crippen LogP contribution in [-0.4, -0.2) is 23.3 Å². The van der Waals surface area contributed by atoms with Crippen LogP contribution in [0, 0.1) is 17.7 Å². The normalized spacial score (nSPS) is 15.5. The summed E-state index contributed by atoms with van der Waals surface area (Å²) < 4.78 is 20.2. The van der Waals surface area contributed by atoms with E-state index in [4.69, 9.17) is 4.74 Å². The maximum atomic E-state index is 13.2. The fraction of sp³-hybridized carbons (Fsp3) is 0.238. The Kier molecular flexibility index (Phi) is 4.27. The molecular formula is C21H17FN2O2. The van der Waals surface area contributed by atoms with Crippen LogP contribution in [0.25, 0.3) is 10.9 Å². The molecule has 0 N–H and O–H groups in total. The van der Waals surface area contributed by atoms with Crippen LogP contribution in [0.4, 0.5) is 4.39 Å². The number of fused-ring (bicyclic) bond motifs is 2. The van der Waals surface area contributed by atoms with Gasteiger partial charge in [-0.15, -0.1) is 0 Å². The Balaban J connectivity index is 1.75. The molecule has 1 aliphatic rings. The van der Waals surface area contributed by atoms with E-state index in [0.29, 0.717) is 23.1 Å². The van der Waals surface area contributed by atoms with Crippen molar-refractivity contribution in [2.75, 3.05) is 13.7 Å². The van der Waals surface area contributed by atoms with Gasteiger partial charge in [0.25, 0.3) is 5.56 Å². The van der Waals surface area contributed by atoms with Crippen molar-refractivity contribution >= 4 is 10.9 Å². The van der Waals surface area contributed by atoms with Crippen molar-refractivity contribution in [1.82, 2.24) is 9.55 Å². The van der Waals surface area contributed by atoms with Crippen molar-refractivity contribution in [3.8, 4) is 11.8 Å². The molecule has 0 saturated carbocycles. The zero-order valence-corrected chi connectivity index (χ0v) is 14.3. The SMILES string of the molecule is COCC1CCc2nc3cc(C#Cc4cccc(F)c4)ccc3c(=O)n21. The number of aromatic nitrogens is 2. The maximum absolute atomic E-state index is 13.2. The summed E-state index contributed by atoms with van der Waals surface area (Å²) in [6, 6.07) is 11.6. The molecule has 1 aliphatic heterocycles. The molecule has 0 radical (unpaired) electrons. The van der Waals surface area contributed by atoms with Crippen LogP contribution in [0.3, 0.4) is 0 Å². The third kappa shape index (κ3) is 3.00. The third-order valence-corrected chi connectivity index (χ3v) is 4.58. The van der Waals surface area contributed by atoms with Crippen LogP contribution < -0.4 is 5.56 Å². The molecule has 1 unspecified atom stereocenters. The first-order chi connectivity index (χ1) is 12.7. The van der Waals surface area contributed by atoms with Crippen molar-refractivity contribution in [3.05, 3.63) is 75.6 Å². The smallest absolute Gasteiger partial charge is 0.261 e. The monoisotopic (exact) mass is 348 g/mol. The summed E-state index contributed by atoms with van der Waals surface area (Å²) in [6.45, 7) is 0.511. The summed E-state index contributed by atoms with van der Waals surface area (Å²) in [4.78, 5) is 17.5. The second-order valence-corrected chi connectivity index (χ2v) is 6.34.